The van der Waals surface area contributed by atoms with Crippen molar-refractivity contribution in [2.75, 3.05) is 7.11 Å². The Balaban J connectivity index is 4.44. The first-order chi connectivity index (χ1) is 5.90. The third-order valence-corrected chi connectivity index (χ3v) is 0.895. The van der Waals surface area contributed by atoms with Crippen LogP contribution in [0.4, 0.5) is 0 Å². The minimum Gasteiger partial charge on any atom is -0.464 e. The van der Waals surface area contributed by atoms with Crippen LogP contribution in [0.5, 0.6) is 0 Å². The van der Waals surface area contributed by atoms with Gasteiger partial charge in [-0.15, -0.1) is 0 Å². The maximum absolute atomic E-state index is 10.8. The molecule has 0 saturated heterocycles. The molecule has 0 unspecified atom stereocenters. The van der Waals surface area contributed by atoms with Crippen LogP contribution in [0.1, 0.15) is 20.8 Å². The van der Waals surface area contributed by atoms with Crippen LogP contribution in [0.2, 0.25) is 0 Å². The van der Waals surface area contributed by atoms with Gasteiger partial charge in [0, 0.05) is 0 Å². The molecule has 0 aromatic rings. The van der Waals surface area contributed by atoms with E-state index in [2.05, 4.69) is 9.89 Å². The Morgan fingerprint density at radius 1 is 1.46 bits per heavy atom. The second-order valence-electron chi connectivity index (χ2n) is 3.25. The van der Waals surface area contributed by atoms with Gasteiger partial charge in [-0.3, -0.25) is 0 Å². The van der Waals surface area contributed by atoms with Gasteiger partial charge in [0.1, 0.15) is 11.7 Å². The van der Waals surface area contributed by atoms with Gasteiger partial charge < -0.3 is 9.57 Å². The quantitative estimate of drug-likeness (QED) is 0.362. The molecule has 0 heterocycles. The van der Waals surface area contributed by atoms with E-state index in [1.807, 2.05) is 0 Å². The van der Waals surface area contributed by atoms with Crippen molar-refractivity contribution in [2.45, 2.75) is 26.4 Å². The highest BCUT2D eigenvalue weighted by Gasteiger charge is 2.15. The summed E-state index contributed by atoms with van der Waals surface area (Å²) in [5.74, 6) is -0.799. The van der Waals surface area contributed by atoms with Crippen LogP contribution in [-0.4, -0.2) is 24.4 Å². The average Bonchev–Trinajstić information content (AvgIpc) is 2.03. The summed E-state index contributed by atoms with van der Waals surface area (Å²) in [4.78, 5) is 15.7. The molecular formula is C8H12N2O3. The fraction of sp³-hybridized carbons (Fsp3) is 0.625. The number of ether oxygens (including phenoxy) is 1. The Labute approximate surface area is 76.9 Å². The fourth-order valence-corrected chi connectivity index (χ4v) is 0.383. The monoisotopic (exact) mass is 184 g/mol. The number of hydrogen-bond donors (Lipinski definition) is 0. The summed E-state index contributed by atoms with van der Waals surface area (Å²) >= 11 is 0. The van der Waals surface area contributed by atoms with Crippen LogP contribution in [0.25, 0.3) is 0 Å². The van der Waals surface area contributed by atoms with E-state index in [1.54, 1.807) is 26.8 Å². The van der Waals surface area contributed by atoms with Crippen molar-refractivity contribution in [1.82, 2.24) is 0 Å². The van der Waals surface area contributed by atoms with Gasteiger partial charge >= 0.3 is 5.97 Å². The van der Waals surface area contributed by atoms with Crippen molar-refractivity contribution >= 4 is 11.7 Å². The lowest BCUT2D eigenvalue weighted by atomic mass is 10.2. The summed E-state index contributed by atoms with van der Waals surface area (Å²) in [6, 6.07) is 1.58. The molecule has 5 nitrogen and oxygen atoms in total. The predicted molar refractivity (Wildman–Crippen MR) is 45.9 cm³/mol. The highest BCUT2D eigenvalue weighted by atomic mass is 16.6. The van der Waals surface area contributed by atoms with E-state index in [4.69, 9.17) is 10.1 Å². The Bertz CT molecular complexity index is 258. The van der Waals surface area contributed by atoms with Crippen LogP contribution < -0.4 is 0 Å². The molecule has 0 radical (unpaired) electrons. The van der Waals surface area contributed by atoms with Crippen LogP contribution >= 0.6 is 0 Å². The molecule has 0 aromatic carbocycles. The van der Waals surface area contributed by atoms with Crippen molar-refractivity contribution in [3.8, 4) is 6.07 Å². The van der Waals surface area contributed by atoms with Gasteiger partial charge in [-0.1, -0.05) is 5.16 Å². The van der Waals surface area contributed by atoms with Gasteiger partial charge in [0.25, 0.3) is 5.71 Å². The molecule has 0 aromatic heterocycles. The zero-order chi connectivity index (χ0) is 10.5. The first kappa shape index (κ1) is 11.4. The number of carbonyl (C=O) groups is 1. The molecule has 72 valence electrons. The number of oxime groups is 1. The summed E-state index contributed by atoms with van der Waals surface area (Å²) in [6.45, 7) is 5.26. The standard InChI is InChI=1S/C8H12N2O3/c1-8(2,3)13-10-6(5-9)7(11)12-4/h1-4H3/b10-6+. The number of rotatable bonds is 2. The molecule has 13 heavy (non-hydrogen) atoms. The SMILES string of the molecule is COC(=O)/C(C#N)=N/OC(C)(C)C. The van der Waals surface area contributed by atoms with Crippen LogP contribution in [0, 0.1) is 11.3 Å². The molecule has 0 spiro atoms. The largest absolute Gasteiger partial charge is 0.464 e. The Morgan fingerprint density at radius 3 is 2.31 bits per heavy atom. The summed E-state index contributed by atoms with van der Waals surface area (Å²) in [5.41, 5.74) is -0.923. The molecule has 0 rings (SSSR count). The van der Waals surface area contributed by atoms with Crippen molar-refractivity contribution in [3.05, 3.63) is 0 Å². The normalized spacial score (nSPS) is 11.8. The lowest BCUT2D eigenvalue weighted by Gasteiger charge is -2.14. The molecule has 5 heteroatoms. The van der Waals surface area contributed by atoms with Gasteiger partial charge in [-0.2, -0.15) is 5.26 Å². The van der Waals surface area contributed by atoms with Crippen molar-refractivity contribution in [3.63, 3.8) is 0 Å². The molecule has 0 aliphatic carbocycles. The first-order valence-electron chi connectivity index (χ1n) is 3.65. The molecule has 0 aliphatic heterocycles. The minimum atomic E-state index is -0.799. The molecule has 0 N–H and O–H groups in total. The van der Waals surface area contributed by atoms with Crippen molar-refractivity contribution in [2.24, 2.45) is 5.16 Å². The highest BCUT2D eigenvalue weighted by Crippen LogP contribution is 2.06. The Morgan fingerprint density at radius 2 is 2.00 bits per heavy atom. The maximum Gasteiger partial charge on any atom is 0.371 e. The van der Waals surface area contributed by atoms with E-state index in [1.165, 1.54) is 7.11 Å². The van der Waals surface area contributed by atoms with E-state index in [9.17, 15) is 4.79 Å². The van der Waals surface area contributed by atoms with E-state index in [-0.39, 0.29) is 0 Å². The fourth-order valence-electron chi connectivity index (χ4n) is 0.383. The molecule has 0 bridgehead atoms. The van der Waals surface area contributed by atoms with E-state index in [0.717, 1.165) is 0 Å². The zero-order valence-electron chi connectivity index (χ0n) is 8.12. The maximum atomic E-state index is 10.8. The lowest BCUT2D eigenvalue weighted by molar-refractivity contribution is -0.132. The van der Waals surface area contributed by atoms with Gasteiger partial charge in [-0.25, -0.2) is 4.79 Å². The number of methoxy groups -OCH3 is 1. The molecule has 0 saturated carbocycles. The van der Waals surface area contributed by atoms with Gasteiger partial charge in [-0.05, 0) is 20.8 Å². The first-order valence-corrected chi connectivity index (χ1v) is 3.65. The predicted octanol–water partition coefficient (Wildman–Crippen LogP) is 0.854. The highest BCUT2D eigenvalue weighted by molar-refractivity contribution is 6.42. The number of nitriles is 1. The number of esters is 1. The minimum absolute atomic E-state index is 0.391. The second kappa shape index (κ2) is 4.45. The van der Waals surface area contributed by atoms with Gasteiger partial charge in [0.15, 0.2) is 0 Å². The van der Waals surface area contributed by atoms with Crippen molar-refractivity contribution in [1.29, 1.82) is 5.26 Å². The molecule has 0 atom stereocenters. The number of hydrogen-bond acceptors (Lipinski definition) is 5. The number of nitrogens with zero attached hydrogens (tertiary/aromatic N) is 2. The summed E-state index contributed by atoms with van der Waals surface area (Å²) in [7, 11) is 1.17. The topological polar surface area (TPSA) is 71.7 Å². The molecule has 0 aliphatic rings. The van der Waals surface area contributed by atoms with Crippen LogP contribution in [0.3, 0.4) is 0 Å². The van der Waals surface area contributed by atoms with Crippen LogP contribution in [0.15, 0.2) is 5.16 Å². The van der Waals surface area contributed by atoms with Gasteiger partial charge in [0.2, 0.25) is 0 Å². The van der Waals surface area contributed by atoms with E-state index < -0.39 is 17.3 Å². The summed E-state index contributed by atoms with van der Waals surface area (Å²) in [6.07, 6.45) is 0. The Hall–Kier alpha value is -1.57. The second-order valence-corrected chi connectivity index (χ2v) is 3.25. The Kier molecular flexibility index (Phi) is 3.92. The molecule has 0 fully saturated rings. The number of carbonyl (C=O) groups excluding carboxylic acids is 1. The van der Waals surface area contributed by atoms with Crippen molar-refractivity contribution < 1.29 is 14.4 Å². The third-order valence-electron chi connectivity index (χ3n) is 0.895. The average molecular weight is 184 g/mol. The third kappa shape index (κ3) is 4.80. The van der Waals surface area contributed by atoms with Gasteiger partial charge in [0.05, 0.1) is 7.11 Å². The molecule has 0 amide bonds. The van der Waals surface area contributed by atoms with E-state index >= 15 is 0 Å². The summed E-state index contributed by atoms with van der Waals surface area (Å²) in [5, 5.41) is 11.8. The molecular weight excluding hydrogens is 172 g/mol. The van der Waals surface area contributed by atoms with Crippen LogP contribution in [-0.2, 0) is 14.4 Å². The van der Waals surface area contributed by atoms with E-state index in [0.29, 0.717) is 0 Å². The summed E-state index contributed by atoms with van der Waals surface area (Å²) < 4.78 is 4.30. The lowest BCUT2D eigenvalue weighted by Crippen LogP contribution is -2.20. The smallest absolute Gasteiger partial charge is 0.371 e. The zero-order valence-corrected chi connectivity index (χ0v) is 8.12.